The Balaban J connectivity index is 2.19. The Morgan fingerprint density at radius 3 is 2.86 bits per heavy atom. The van der Waals surface area contributed by atoms with E-state index >= 15 is 0 Å². The van der Waals surface area contributed by atoms with Crippen LogP contribution in [0.5, 0.6) is 0 Å². The van der Waals surface area contributed by atoms with Gasteiger partial charge in [-0.05, 0) is 35.7 Å². The van der Waals surface area contributed by atoms with E-state index in [1.54, 1.807) is 6.20 Å². The maximum atomic E-state index is 6.34. The summed E-state index contributed by atoms with van der Waals surface area (Å²) >= 11 is 6.34. The Morgan fingerprint density at radius 1 is 1.14 bits per heavy atom. The molecule has 1 N–H and O–H groups in total. The summed E-state index contributed by atoms with van der Waals surface area (Å²) in [6.07, 6.45) is 5.48. The van der Waals surface area contributed by atoms with Gasteiger partial charge in [0.2, 0.25) is 0 Å². The standard InChI is InChI=1S/C17H16ClN3/c1-2-20-16(17-15(18)7-4-9-21-17)13-6-3-5-12-8-10-19-11-14(12)13/h3-11,16,20H,2H2,1H3. The minimum absolute atomic E-state index is 0.0448. The summed E-state index contributed by atoms with van der Waals surface area (Å²) < 4.78 is 0. The SMILES string of the molecule is CCNC(c1ncccc1Cl)c1cccc2ccncc12. The van der Waals surface area contributed by atoms with Gasteiger partial charge in [0.05, 0.1) is 16.8 Å². The second-order valence-electron chi connectivity index (χ2n) is 4.81. The average molecular weight is 298 g/mol. The lowest BCUT2D eigenvalue weighted by Crippen LogP contribution is -2.23. The molecule has 3 aromatic rings. The summed E-state index contributed by atoms with van der Waals surface area (Å²) in [6.45, 7) is 2.90. The molecule has 2 aromatic heterocycles. The van der Waals surface area contributed by atoms with Crippen LogP contribution in [0.2, 0.25) is 5.02 Å². The van der Waals surface area contributed by atoms with Gasteiger partial charge in [-0.3, -0.25) is 9.97 Å². The molecule has 3 nitrogen and oxygen atoms in total. The van der Waals surface area contributed by atoms with Crippen LogP contribution < -0.4 is 5.32 Å². The van der Waals surface area contributed by atoms with Crippen LogP contribution in [0.3, 0.4) is 0 Å². The molecule has 2 heterocycles. The number of pyridine rings is 2. The van der Waals surface area contributed by atoms with E-state index in [1.165, 1.54) is 0 Å². The molecule has 0 aliphatic carbocycles. The molecule has 21 heavy (non-hydrogen) atoms. The Bertz CT molecular complexity index is 752. The third-order valence-electron chi connectivity index (χ3n) is 3.50. The fourth-order valence-corrected chi connectivity index (χ4v) is 2.79. The largest absolute Gasteiger partial charge is 0.305 e. The summed E-state index contributed by atoms with van der Waals surface area (Å²) in [5.74, 6) is 0. The molecule has 0 aliphatic heterocycles. The van der Waals surface area contributed by atoms with Crippen LogP contribution in [0.4, 0.5) is 0 Å². The van der Waals surface area contributed by atoms with Crippen LogP contribution in [0.1, 0.15) is 24.2 Å². The Labute approximate surface area is 129 Å². The molecule has 1 atom stereocenters. The second-order valence-corrected chi connectivity index (χ2v) is 5.21. The first-order valence-corrected chi connectivity index (χ1v) is 7.35. The summed E-state index contributed by atoms with van der Waals surface area (Å²) in [7, 11) is 0. The molecule has 0 saturated carbocycles. The highest BCUT2D eigenvalue weighted by atomic mass is 35.5. The van der Waals surface area contributed by atoms with Crippen molar-refractivity contribution < 1.29 is 0 Å². The zero-order valence-corrected chi connectivity index (χ0v) is 12.5. The number of fused-ring (bicyclic) bond motifs is 1. The van der Waals surface area contributed by atoms with Crippen molar-refractivity contribution >= 4 is 22.4 Å². The average Bonchev–Trinajstić information content (AvgIpc) is 2.53. The van der Waals surface area contributed by atoms with Gasteiger partial charge in [-0.1, -0.05) is 36.7 Å². The second kappa shape index (κ2) is 6.20. The predicted molar refractivity (Wildman–Crippen MR) is 86.5 cm³/mol. The number of nitrogens with one attached hydrogen (secondary N) is 1. The first-order valence-electron chi connectivity index (χ1n) is 6.97. The van der Waals surface area contributed by atoms with Crippen molar-refractivity contribution in [3.05, 3.63) is 71.3 Å². The molecule has 4 heteroatoms. The first kappa shape index (κ1) is 14.0. The van der Waals surface area contributed by atoms with Crippen molar-refractivity contribution in [2.45, 2.75) is 13.0 Å². The number of halogens is 1. The van der Waals surface area contributed by atoms with E-state index in [-0.39, 0.29) is 6.04 Å². The minimum Gasteiger partial charge on any atom is -0.305 e. The zero-order chi connectivity index (χ0) is 14.7. The van der Waals surface area contributed by atoms with Gasteiger partial charge in [-0.25, -0.2) is 0 Å². The van der Waals surface area contributed by atoms with E-state index < -0.39 is 0 Å². The van der Waals surface area contributed by atoms with Gasteiger partial charge in [0, 0.05) is 24.0 Å². The highest BCUT2D eigenvalue weighted by molar-refractivity contribution is 6.31. The number of nitrogens with zero attached hydrogens (tertiary/aromatic N) is 2. The molecule has 0 spiro atoms. The van der Waals surface area contributed by atoms with Crippen LogP contribution in [0.15, 0.2) is 55.0 Å². The van der Waals surface area contributed by atoms with Crippen molar-refractivity contribution in [2.75, 3.05) is 6.54 Å². The Kier molecular flexibility index (Phi) is 4.13. The maximum Gasteiger partial charge on any atom is 0.0804 e. The van der Waals surface area contributed by atoms with Crippen molar-refractivity contribution in [1.29, 1.82) is 0 Å². The maximum absolute atomic E-state index is 6.34. The zero-order valence-electron chi connectivity index (χ0n) is 11.8. The molecule has 106 valence electrons. The van der Waals surface area contributed by atoms with Crippen molar-refractivity contribution in [1.82, 2.24) is 15.3 Å². The third kappa shape index (κ3) is 2.75. The van der Waals surface area contributed by atoms with Gasteiger partial charge in [0.25, 0.3) is 0 Å². The van der Waals surface area contributed by atoms with E-state index in [4.69, 9.17) is 11.6 Å². The molecular weight excluding hydrogens is 282 g/mol. The topological polar surface area (TPSA) is 37.8 Å². The number of rotatable bonds is 4. The van der Waals surface area contributed by atoms with E-state index in [2.05, 4.69) is 40.4 Å². The lowest BCUT2D eigenvalue weighted by molar-refractivity contribution is 0.619. The molecule has 0 radical (unpaired) electrons. The van der Waals surface area contributed by atoms with E-state index in [0.717, 1.165) is 28.6 Å². The number of benzene rings is 1. The summed E-state index contributed by atoms with van der Waals surface area (Å²) in [6, 6.07) is 11.9. The fraction of sp³-hybridized carbons (Fsp3) is 0.176. The molecule has 1 aromatic carbocycles. The highest BCUT2D eigenvalue weighted by Gasteiger charge is 2.19. The predicted octanol–water partition coefficient (Wildman–Crippen LogP) is 3.98. The lowest BCUT2D eigenvalue weighted by Gasteiger charge is -2.20. The molecule has 3 rings (SSSR count). The molecule has 1 unspecified atom stereocenters. The van der Waals surface area contributed by atoms with Gasteiger partial charge in [-0.15, -0.1) is 0 Å². The van der Waals surface area contributed by atoms with Gasteiger partial charge in [-0.2, -0.15) is 0 Å². The number of hydrogen-bond donors (Lipinski definition) is 1. The minimum atomic E-state index is -0.0448. The van der Waals surface area contributed by atoms with Crippen LogP contribution >= 0.6 is 11.6 Å². The van der Waals surface area contributed by atoms with Gasteiger partial charge in [0.15, 0.2) is 0 Å². The van der Waals surface area contributed by atoms with Crippen LogP contribution in [-0.2, 0) is 0 Å². The smallest absolute Gasteiger partial charge is 0.0804 e. The van der Waals surface area contributed by atoms with Gasteiger partial charge < -0.3 is 5.32 Å². The Morgan fingerprint density at radius 2 is 2.05 bits per heavy atom. The molecule has 0 saturated heterocycles. The normalized spacial score (nSPS) is 12.5. The highest BCUT2D eigenvalue weighted by Crippen LogP contribution is 2.30. The summed E-state index contributed by atoms with van der Waals surface area (Å²) in [4.78, 5) is 8.72. The van der Waals surface area contributed by atoms with Crippen molar-refractivity contribution in [3.8, 4) is 0 Å². The molecule has 0 bridgehead atoms. The first-order chi connectivity index (χ1) is 10.3. The van der Waals surface area contributed by atoms with Crippen LogP contribution in [0, 0.1) is 0 Å². The van der Waals surface area contributed by atoms with Gasteiger partial charge >= 0.3 is 0 Å². The lowest BCUT2D eigenvalue weighted by atomic mass is 9.97. The quantitative estimate of drug-likeness (QED) is 0.791. The molecule has 0 aliphatic rings. The molecule has 0 amide bonds. The van der Waals surface area contributed by atoms with Gasteiger partial charge in [0.1, 0.15) is 0 Å². The fourth-order valence-electron chi connectivity index (χ4n) is 2.56. The molecule has 0 fully saturated rings. The summed E-state index contributed by atoms with van der Waals surface area (Å²) in [5, 5.41) is 6.43. The van der Waals surface area contributed by atoms with Crippen molar-refractivity contribution in [2.24, 2.45) is 0 Å². The Hall–Kier alpha value is -1.97. The van der Waals surface area contributed by atoms with E-state index in [0.29, 0.717) is 5.02 Å². The number of aromatic nitrogens is 2. The summed E-state index contributed by atoms with van der Waals surface area (Å²) in [5.41, 5.74) is 1.99. The van der Waals surface area contributed by atoms with E-state index in [1.807, 2.05) is 30.6 Å². The number of hydrogen-bond acceptors (Lipinski definition) is 3. The van der Waals surface area contributed by atoms with E-state index in [9.17, 15) is 0 Å². The molecular formula is C17H16ClN3. The third-order valence-corrected chi connectivity index (χ3v) is 3.82. The monoisotopic (exact) mass is 297 g/mol. The van der Waals surface area contributed by atoms with Crippen LogP contribution in [0.25, 0.3) is 10.8 Å². The van der Waals surface area contributed by atoms with Crippen LogP contribution in [-0.4, -0.2) is 16.5 Å². The van der Waals surface area contributed by atoms with Crippen molar-refractivity contribution in [3.63, 3.8) is 0 Å².